The Kier molecular flexibility index (Phi) is 2.67. The third kappa shape index (κ3) is 1.80. The van der Waals surface area contributed by atoms with Gasteiger partial charge in [0.1, 0.15) is 11.6 Å². The molecule has 5 heteroatoms. The molecule has 2 rings (SSSR count). The number of aromatic hydroxyl groups is 2. The standard InChI is InChI=1S/C12H14N2O3/c1-14(2)11-4-7-8(6-13-11)12(16)10(17-3)5-9(7)15/h4-6,15-16H,1-3H3. The number of rotatable bonds is 2. The molecule has 1 aromatic heterocycles. The largest absolute Gasteiger partial charge is 0.507 e. The molecule has 5 nitrogen and oxygen atoms in total. The highest BCUT2D eigenvalue weighted by atomic mass is 16.5. The van der Waals surface area contributed by atoms with E-state index in [9.17, 15) is 10.2 Å². The number of ether oxygens (including phenoxy) is 1. The summed E-state index contributed by atoms with van der Waals surface area (Å²) in [6, 6.07) is 3.10. The summed E-state index contributed by atoms with van der Waals surface area (Å²) in [5, 5.41) is 20.8. The summed E-state index contributed by atoms with van der Waals surface area (Å²) in [6.45, 7) is 0. The zero-order valence-electron chi connectivity index (χ0n) is 9.93. The molecule has 17 heavy (non-hydrogen) atoms. The van der Waals surface area contributed by atoms with Crippen LogP contribution in [0.4, 0.5) is 5.82 Å². The molecule has 0 aliphatic heterocycles. The molecule has 0 bridgehead atoms. The Bertz CT molecular complexity index is 567. The van der Waals surface area contributed by atoms with Crippen LogP contribution >= 0.6 is 0 Å². The van der Waals surface area contributed by atoms with Gasteiger partial charge in [0, 0.05) is 37.1 Å². The van der Waals surface area contributed by atoms with Crippen molar-refractivity contribution in [3.8, 4) is 17.2 Å². The van der Waals surface area contributed by atoms with E-state index in [1.807, 2.05) is 19.0 Å². The quantitative estimate of drug-likeness (QED) is 0.774. The fraction of sp³-hybridized carbons (Fsp3) is 0.250. The van der Waals surface area contributed by atoms with Crippen LogP contribution in [-0.2, 0) is 0 Å². The third-order valence-corrected chi connectivity index (χ3v) is 2.60. The molecule has 0 saturated carbocycles. The van der Waals surface area contributed by atoms with E-state index in [0.717, 1.165) is 0 Å². The molecular weight excluding hydrogens is 220 g/mol. The van der Waals surface area contributed by atoms with Crippen LogP contribution in [-0.4, -0.2) is 36.4 Å². The Balaban J connectivity index is 2.76. The predicted octanol–water partition coefficient (Wildman–Crippen LogP) is 1.72. The van der Waals surface area contributed by atoms with Gasteiger partial charge in [0.15, 0.2) is 11.5 Å². The molecule has 2 N–H and O–H groups in total. The summed E-state index contributed by atoms with van der Waals surface area (Å²) in [5.74, 6) is 0.977. The van der Waals surface area contributed by atoms with Gasteiger partial charge in [-0.25, -0.2) is 4.98 Å². The number of aromatic nitrogens is 1. The summed E-state index contributed by atoms with van der Waals surface area (Å²) >= 11 is 0. The van der Waals surface area contributed by atoms with Gasteiger partial charge >= 0.3 is 0 Å². The molecule has 0 aliphatic rings. The minimum Gasteiger partial charge on any atom is -0.507 e. The first kappa shape index (κ1) is 11.3. The average molecular weight is 234 g/mol. The van der Waals surface area contributed by atoms with Crippen molar-refractivity contribution in [2.45, 2.75) is 0 Å². The van der Waals surface area contributed by atoms with Gasteiger partial charge in [-0.1, -0.05) is 0 Å². The molecule has 0 fully saturated rings. The maximum Gasteiger partial charge on any atom is 0.167 e. The number of pyridine rings is 1. The van der Waals surface area contributed by atoms with Crippen molar-refractivity contribution in [1.29, 1.82) is 0 Å². The van der Waals surface area contributed by atoms with Crippen LogP contribution in [0.5, 0.6) is 17.2 Å². The summed E-state index contributed by atoms with van der Waals surface area (Å²) in [6.07, 6.45) is 1.52. The zero-order chi connectivity index (χ0) is 12.6. The van der Waals surface area contributed by atoms with E-state index in [2.05, 4.69) is 4.98 Å². The van der Waals surface area contributed by atoms with Gasteiger partial charge in [-0.05, 0) is 6.07 Å². The lowest BCUT2D eigenvalue weighted by atomic mass is 10.1. The normalized spacial score (nSPS) is 10.5. The van der Waals surface area contributed by atoms with E-state index >= 15 is 0 Å². The van der Waals surface area contributed by atoms with Crippen molar-refractivity contribution >= 4 is 16.6 Å². The van der Waals surface area contributed by atoms with Crippen LogP contribution in [0.3, 0.4) is 0 Å². The highest BCUT2D eigenvalue weighted by molar-refractivity contribution is 5.95. The van der Waals surface area contributed by atoms with Crippen molar-refractivity contribution < 1.29 is 14.9 Å². The van der Waals surface area contributed by atoms with Gasteiger partial charge in [0.05, 0.1) is 7.11 Å². The SMILES string of the molecule is COc1cc(O)c2cc(N(C)C)ncc2c1O. The van der Waals surface area contributed by atoms with Gasteiger partial charge in [0.25, 0.3) is 0 Å². The monoisotopic (exact) mass is 234 g/mol. The lowest BCUT2D eigenvalue weighted by Gasteiger charge is -2.13. The summed E-state index contributed by atoms with van der Waals surface area (Å²) in [7, 11) is 5.14. The second-order valence-electron chi connectivity index (χ2n) is 3.93. The molecule has 0 spiro atoms. The number of anilines is 1. The number of methoxy groups -OCH3 is 1. The Hall–Kier alpha value is -2.17. The lowest BCUT2D eigenvalue weighted by Crippen LogP contribution is -2.10. The van der Waals surface area contributed by atoms with Crippen molar-refractivity contribution in [2.24, 2.45) is 0 Å². The molecule has 2 aromatic rings. The third-order valence-electron chi connectivity index (χ3n) is 2.60. The molecule has 0 saturated heterocycles. The van der Waals surface area contributed by atoms with E-state index in [-0.39, 0.29) is 17.2 Å². The van der Waals surface area contributed by atoms with Crippen molar-refractivity contribution in [3.63, 3.8) is 0 Å². The molecule has 90 valence electrons. The number of hydrogen-bond acceptors (Lipinski definition) is 5. The van der Waals surface area contributed by atoms with Crippen LogP contribution in [0.15, 0.2) is 18.3 Å². The molecule has 1 aromatic carbocycles. The van der Waals surface area contributed by atoms with Crippen molar-refractivity contribution in [3.05, 3.63) is 18.3 Å². The summed E-state index contributed by atoms with van der Waals surface area (Å²) in [4.78, 5) is 6.00. The van der Waals surface area contributed by atoms with Gasteiger partial charge in [-0.2, -0.15) is 0 Å². The Labute approximate surface area is 98.9 Å². The van der Waals surface area contributed by atoms with Gasteiger partial charge in [-0.15, -0.1) is 0 Å². The van der Waals surface area contributed by atoms with Crippen LogP contribution in [0, 0.1) is 0 Å². The fourth-order valence-electron chi connectivity index (χ4n) is 1.65. The molecule has 0 atom stereocenters. The summed E-state index contributed by atoms with van der Waals surface area (Å²) in [5.41, 5.74) is 0. The minimum absolute atomic E-state index is 0.0156. The van der Waals surface area contributed by atoms with E-state index in [0.29, 0.717) is 16.6 Å². The number of fused-ring (bicyclic) bond motifs is 1. The molecule has 0 radical (unpaired) electrons. The smallest absolute Gasteiger partial charge is 0.167 e. The maximum atomic E-state index is 9.91. The van der Waals surface area contributed by atoms with Crippen LogP contribution in [0.2, 0.25) is 0 Å². The van der Waals surface area contributed by atoms with E-state index in [1.165, 1.54) is 19.4 Å². The number of benzene rings is 1. The lowest BCUT2D eigenvalue weighted by molar-refractivity contribution is 0.372. The van der Waals surface area contributed by atoms with Crippen molar-refractivity contribution in [2.75, 3.05) is 26.1 Å². The highest BCUT2D eigenvalue weighted by Gasteiger charge is 2.13. The van der Waals surface area contributed by atoms with Crippen LogP contribution in [0.25, 0.3) is 10.8 Å². The minimum atomic E-state index is -0.0156. The second-order valence-corrected chi connectivity index (χ2v) is 3.93. The van der Waals surface area contributed by atoms with Crippen molar-refractivity contribution in [1.82, 2.24) is 4.98 Å². The second kappa shape index (κ2) is 4.01. The molecular formula is C12H14N2O3. The number of phenols is 2. The molecule has 1 heterocycles. The maximum absolute atomic E-state index is 9.91. The topological polar surface area (TPSA) is 65.8 Å². The number of nitrogens with zero attached hydrogens (tertiary/aromatic N) is 2. The van der Waals surface area contributed by atoms with Gasteiger partial charge < -0.3 is 19.8 Å². The highest BCUT2D eigenvalue weighted by Crippen LogP contribution is 2.40. The predicted molar refractivity (Wildman–Crippen MR) is 66.0 cm³/mol. The van der Waals surface area contributed by atoms with Gasteiger partial charge in [0.2, 0.25) is 0 Å². The Morgan fingerprint density at radius 3 is 2.47 bits per heavy atom. The van der Waals surface area contributed by atoms with E-state index in [4.69, 9.17) is 4.74 Å². The first-order chi connectivity index (χ1) is 8.04. The van der Waals surface area contributed by atoms with E-state index < -0.39 is 0 Å². The van der Waals surface area contributed by atoms with Crippen LogP contribution in [0.1, 0.15) is 0 Å². The number of hydrogen-bond donors (Lipinski definition) is 2. The molecule has 0 amide bonds. The van der Waals surface area contributed by atoms with Crippen LogP contribution < -0.4 is 9.64 Å². The first-order valence-electron chi connectivity index (χ1n) is 5.10. The van der Waals surface area contributed by atoms with E-state index in [1.54, 1.807) is 6.07 Å². The molecule has 0 aliphatic carbocycles. The Morgan fingerprint density at radius 2 is 1.88 bits per heavy atom. The summed E-state index contributed by atoms with van der Waals surface area (Å²) < 4.78 is 4.96. The molecule has 0 unspecified atom stereocenters. The average Bonchev–Trinajstić information content (AvgIpc) is 2.33. The Morgan fingerprint density at radius 1 is 1.18 bits per heavy atom. The van der Waals surface area contributed by atoms with Gasteiger partial charge in [-0.3, -0.25) is 0 Å². The fourth-order valence-corrected chi connectivity index (χ4v) is 1.65. The first-order valence-corrected chi connectivity index (χ1v) is 5.10. The zero-order valence-corrected chi connectivity index (χ0v) is 9.93. The number of phenolic OH excluding ortho intramolecular Hbond substituents is 2.